The Morgan fingerprint density at radius 1 is 0.741 bits per heavy atom. The summed E-state index contributed by atoms with van der Waals surface area (Å²) < 4.78 is 0. The third-order valence-electron chi connectivity index (χ3n) is 6.44. The molecule has 1 heteroatoms. The van der Waals surface area contributed by atoms with Gasteiger partial charge in [0, 0.05) is 5.69 Å². The molecule has 0 aromatic heterocycles. The number of nitrogens with two attached hydrogens (primary N) is 1. The average molecular weight is 364 g/mol. The zero-order valence-electron chi connectivity index (χ0n) is 17.1. The first-order chi connectivity index (χ1) is 13.2. The van der Waals surface area contributed by atoms with Crippen LogP contribution >= 0.6 is 0 Å². The van der Waals surface area contributed by atoms with Crippen LogP contribution in [0.4, 0.5) is 5.69 Å². The van der Waals surface area contributed by atoms with Crippen LogP contribution in [0.3, 0.4) is 0 Å². The van der Waals surface area contributed by atoms with Gasteiger partial charge in [-0.3, -0.25) is 0 Å². The average Bonchev–Trinajstić information content (AvgIpc) is 2.72. The molecule has 1 saturated carbocycles. The lowest BCUT2D eigenvalue weighted by Crippen LogP contribution is -2.14. The summed E-state index contributed by atoms with van der Waals surface area (Å²) in [5.74, 6) is 1.65. The predicted octanol–water partition coefficient (Wildman–Crippen LogP) is 7.30. The minimum atomic E-state index is 0.744. The van der Waals surface area contributed by atoms with Crippen molar-refractivity contribution in [3.63, 3.8) is 0 Å². The van der Waals surface area contributed by atoms with E-state index in [0.29, 0.717) is 0 Å². The predicted molar refractivity (Wildman–Crippen MR) is 118 cm³/mol. The lowest BCUT2D eigenvalue weighted by molar-refractivity contribution is 0.310. The van der Waals surface area contributed by atoms with Gasteiger partial charge in [-0.15, -0.1) is 0 Å². The second kappa shape index (κ2) is 10.5. The van der Waals surface area contributed by atoms with E-state index < -0.39 is 0 Å². The van der Waals surface area contributed by atoms with Gasteiger partial charge >= 0.3 is 0 Å². The maximum atomic E-state index is 5.82. The maximum Gasteiger partial charge on any atom is 0.0314 e. The van der Waals surface area contributed by atoms with Crippen LogP contribution < -0.4 is 5.73 Å². The smallest absolute Gasteiger partial charge is 0.0314 e. The standard InChI is InChI=1S/C26H37N/c1-2-3-4-5-6-21-7-9-22(10-8-21)11-12-23-13-15-24(16-14-23)25-17-19-26(27)20-18-25/h7-10,17-20,23-24H,2-6,11-16,27H2,1H3. The molecular weight excluding hydrogens is 326 g/mol. The molecule has 2 aromatic carbocycles. The Morgan fingerprint density at radius 3 is 2.00 bits per heavy atom. The zero-order valence-corrected chi connectivity index (χ0v) is 17.1. The fourth-order valence-electron chi connectivity index (χ4n) is 4.55. The maximum absolute atomic E-state index is 5.82. The van der Waals surface area contributed by atoms with Crippen molar-refractivity contribution in [3.05, 3.63) is 65.2 Å². The van der Waals surface area contributed by atoms with Gasteiger partial charge in [0.2, 0.25) is 0 Å². The third kappa shape index (κ3) is 6.41. The summed E-state index contributed by atoms with van der Waals surface area (Å²) in [4.78, 5) is 0. The van der Waals surface area contributed by atoms with E-state index in [0.717, 1.165) is 17.5 Å². The summed E-state index contributed by atoms with van der Waals surface area (Å²) in [5, 5.41) is 0. The molecule has 0 spiro atoms. The molecular formula is C26H37N. The lowest BCUT2D eigenvalue weighted by atomic mass is 9.77. The summed E-state index contributed by atoms with van der Waals surface area (Å²) in [6, 6.07) is 18.0. The van der Waals surface area contributed by atoms with E-state index in [2.05, 4.69) is 55.5 Å². The molecule has 0 saturated heterocycles. The van der Waals surface area contributed by atoms with Gasteiger partial charge in [0.15, 0.2) is 0 Å². The third-order valence-corrected chi connectivity index (χ3v) is 6.44. The number of rotatable bonds is 9. The van der Waals surface area contributed by atoms with Gasteiger partial charge < -0.3 is 5.73 Å². The molecule has 3 rings (SSSR count). The Morgan fingerprint density at radius 2 is 1.37 bits per heavy atom. The molecule has 2 N–H and O–H groups in total. The molecule has 146 valence electrons. The molecule has 0 unspecified atom stereocenters. The Labute approximate surface area is 166 Å². The SMILES string of the molecule is CCCCCCc1ccc(CCC2CCC(c3ccc(N)cc3)CC2)cc1. The Bertz CT molecular complexity index is 648. The Kier molecular flexibility index (Phi) is 7.80. The van der Waals surface area contributed by atoms with Crippen LogP contribution in [0, 0.1) is 5.92 Å². The molecule has 0 bridgehead atoms. The van der Waals surface area contributed by atoms with Crippen molar-refractivity contribution in [2.75, 3.05) is 5.73 Å². The first kappa shape index (κ1) is 20.0. The van der Waals surface area contributed by atoms with Gasteiger partial charge in [-0.1, -0.05) is 62.6 Å². The number of anilines is 1. The number of aryl methyl sites for hydroxylation is 2. The summed E-state index contributed by atoms with van der Waals surface area (Å²) in [7, 11) is 0. The number of benzene rings is 2. The minimum absolute atomic E-state index is 0.744. The van der Waals surface area contributed by atoms with E-state index in [1.807, 2.05) is 0 Å². The molecule has 2 aromatic rings. The molecule has 0 heterocycles. The van der Waals surface area contributed by atoms with E-state index in [4.69, 9.17) is 5.73 Å². The van der Waals surface area contributed by atoms with Gasteiger partial charge in [-0.2, -0.15) is 0 Å². The first-order valence-corrected chi connectivity index (χ1v) is 11.2. The minimum Gasteiger partial charge on any atom is -0.399 e. The molecule has 1 aliphatic rings. The van der Waals surface area contributed by atoms with Crippen LogP contribution in [0.5, 0.6) is 0 Å². The highest BCUT2D eigenvalue weighted by Crippen LogP contribution is 2.37. The first-order valence-electron chi connectivity index (χ1n) is 11.2. The highest BCUT2D eigenvalue weighted by Gasteiger charge is 2.22. The van der Waals surface area contributed by atoms with Gasteiger partial charge in [-0.05, 0) is 92.0 Å². The van der Waals surface area contributed by atoms with E-state index in [1.54, 1.807) is 0 Å². The largest absolute Gasteiger partial charge is 0.399 e. The van der Waals surface area contributed by atoms with E-state index in [9.17, 15) is 0 Å². The monoisotopic (exact) mass is 363 g/mol. The number of unbranched alkanes of at least 4 members (excludes halogenated alkanes) is 3. The van der Waals surface area contributed by atoms with Crippen molar-refractivity contribution in [2.24, 2.45) is 5.92 Å². The Hall–Kier alpha value is -1.76. The number of hydrogen-bond donors (Lipinski definition) is 1. The van der Waals surface area contributed by atoms with Gasteiger partial charge in [-0.25, -0.2) is 0 Å². The normalized spacial score (nSPS) is 19.9. The fourth-order valence-corrected chi connectivity index (χ4v) is 4.55. The summed E-state index contributed by atoms with van der Waals surface area (Å²) in [6.45, 7) is 2.28. The summed E-state index contributed by atoms with van der Waals surface area (Å²) >= 11 is 0. The fraction of sp³-hybridized carbons (Fsp3) is 0.538. The van der Waals surface area contributed by atoms with Crippen LogP contribution in [0.2, 0.25) is 0 Å². The van der Waals surface area contributed by atoms with Crippen molar-refractivity contribution in [3.8, 4) is 0 Å². The highest BCUT2D eigenvalue weighted by atomic mass is 14.5. The highest BCUT2D eigenvalue weighted by molar-refractivity contribution is 5.40. The van der Waals surface area contributed by atoms with Crippen LogP contribution in [-0.4, -0.2) is 0 Å². The lowest BCUT2D eigenvalue weighted by Gasteiger charge is -2.29. The second-order valence-corrected chi connectivity index (χ2v) is 8.55. The summed E-state index contributed by atoms with van der Waals surface area (Å²) in [5.41, 5.74) is 11.2. The topological polar surface area (TPSA) is 26.0 Å². The van der Waals surface area contributed by atoms with Crippen LogP contribution in [-0.2, 0) is 12.8 Å². The van der Waals surface area contributed by atoms with Crippen molar-refractivity contribution in [1.82, 2.24) is 0 Å². The molecule has 0 aliphatic heterocycles. The Balaban J connectivity index is 1.37. The van der Waals surface area contributed by atoms with Crippen LogP contribution in [0.15, 0.2) is 48.5 Å². The van der Waals surface area contributed by atoms with Gasteiger partial charge in [0.25, 0.3) is 0 Å². The van der Waals surface area contributed by atoms with E-state index in [-0.39, 0.29) is 0 Å². The van der Waals surface area contributed by atoms with E-state index >= 15 is 0 Å². The van der Waals surface area contributed by atoms with Crippen molar-refractivity contribution in [1.29, 1.82) is 0 Å². The van der Waals surface area contributed by atoms with Crippen molar-refractivity contribution < 1.29 is 0 Å². The second-order valence-electron chi connectivity index (χ2n) is 8.55. The molecule has 1 aliphatic carbocycles. The van der Waals surface area contributed by atoms with Gasteiger partial charge in [0.1, 0.15) is 0 Å². The zero-order chi connectivity index (χ0) is 18.9. The number of hydrogen-bond acceptors (Lipinski definition) is 1. The molecule has 1 fully saturated rings. The molecule has 1 nitrogen and oxygen atoms in total. The molecule has 0 radical (unpaired) electrons. The molecule has 0 atom stereocenters. The quantitative estimate of drug-likeness (QED) is 0.367. The number of nitrogen functional groups attached to an aromatic ring is 1. The van der Waals surface area contributed by atoms with Crippen LogP contribution in [0.1, 0.15) is 87.3 Å². The van der Waals surface area contributed by atoms with Crippen molar-refractivity contribution >= 4 is 5.69 Å². The summed E-state index contributed by atoms with van der Waals surface area (Å²) in [6.07, 6.45) is 14.7. The van der Waals surface area contributed by atoms with Crippen molar-refractivity contribution in [2.45, 2.75) is 83.5 Å². The molecule has 0 amide bonds. The molecule has 27 heavy (non-hydrogen) atoms. The van der Waals surface area contributed by atoms with Crippen LogP contribution in [0.25, 0.3) is 0 Å². The van der Waals surface area contributed by atoms with Gasteiger partial charge in [0.05, 0.1) is 0 Å². The van der Waals surface area contributed by atoms with E-state index in [1.165, 1.54) is 87.3 Å².